The van der Waals surface area contributed by atoms with Crippen LogP contribution in [-0.4, -0.2) is 64.4 Å². The van der Waals surface area contributed by atoms with E-state index in [9.17, 15) is 9.90 Å². The van der Waals surface area contributed by atoms with E-state index in [1.807, 2.05) is 60.0 Å². The van der Waals surface area contributed by atoms with Crippen LogP contribution in [0.3, 0.4) is 0 Å². The van der Waals surface area contributed by atoms with Gasteiger partial charge in [-0.25, -0.2) is 9.97 Å². The lowest BCUT2D eigenvalue weighted by atomic mass is 9.87. The van der Waals surface area contributed by atoms with Crippen molar-refractivity contribution < 1.29 is 14.3 Å². The Bertz CT molecular complexity index is 1530. The third-order valence-corrected chi connectivity index (χ3v) is 7.03. The molecule has 0 unspecified atom stereocenters. The van der Waals surface area contributed by atoms with Gasteiger partial charge in [0.1, 0.15) is 0 Å². The van der Waals surface area contributed by atoms with Crippen molar-refractivity contribution >= 4 is 17.4 Å². The van der Waals surface area contributed by atoms with Gasteiger partial charge in [-0.05, 0) is 56.0 Å². The SMILES string of the molecule is Cn1cc(Nc2nccc(-c3ccc4c(c3)CN(CC(C)(C)O)CC[C@@H]4CC(=O)c3nnc(C(C)(C)C)o3)n2)cn1. The Morgan fingerprint density at radius 2 is 1.98 bits per heavy atom. The number of aromatic nitrogens is 6. The van der Waals surface area contributed by atoms with Crippen LogP contribution in [0.1, 0.15) is 81.1 Å². The number of ketones is 1. The number of β-amino-alcohol motifs (C(OH)–C–C–N with tert-alkyl or cyclic N) is 1. The van der Waals surface area contributed by atoms with Gasteiger partial charge in [0.2, 0.25) is 17.6 Å². The summed E-state index contributed by atoms with van der Waals surface area (Å²) in [4.78, 5) is 24.6. The maximum Gasteiger partial charge on any atom is 0.284 e. The zero-order chi connectivity index (χ0) is 29.4. The van der Waals surface area contributed by atoms with Crippen LogP contribution >= 0.6 is 0 Å². The lowest BCUT2D eigenvalue weighted by Gasteiger charge is -2.28. The van der Waals surface area contributed by atoms with Gasteiger partial charge in [-0.1, -0.05) is 32.9 Å². The molecule has 0 amide bonds. The molecule has 2 N–H and O–H groups in total. The van der Waals surface area contributed by atoms with Gasteiger partial charge in [0.05, 0.1) is 23.2 Å². The van der Waals surface area contributed by atoms with E-state index in [4.69, 9.17) is 9.40 Å². The maximum absolute atomic E-state index is 13.3. The van der Waals surface area contributed by atoms with Crippen molar-refractivity contribution in [2.24, 2.45) is 7.05 Å². The fraction of sp³-hybridized carbons (Fsp3) is 0.467. The second kappa shape index (κ2) is 11.1. The van der Waals surface area contributed by atoms with E-state index >= 15 is 0 Å². The molecular weight excluding hydrogens is 520 g/mol. The van der Waals surface area contributed by atoms with Gasteiger partial charge < -0.3 is 14.8 Å². The first kappa shape index (κ1) is 28.6. The van der Waals surface area contributed by atoms with E-state index in [-0.39, 0.29) is 29.4 Å². The molecule has 0 spiro atoms. The van der Waals surface area contributed by atoms with E-state index < -0.39 is 5.60 Å². The van der Waals surface area contributed by atoms with Crippen LogP contribution in [0.4, 0.5) is 11.6 Å². The molecule has 1 atom stereocenters. The molecule has 3 aromatic heterocycles. The smallest absolute Gasteiger partial charge is 0.284 e. The summed E-state index contributed by atoms with van der Waals surface area (Å²) < 4.78 is 7.46. The number of hydrogen-bond donors (Lipinski definition) is 2. The molecule has 0 fully saturated rings. The lowest BCUT2D eigenvalue weighted by Crippen LogP contribution is -2.38. The summed E-state index contributed by atoms with van der Waals surface area (Å²) in [7, 11) is 1.85. The molecule has 0 aliphatic carbocycles. The van der Waals surface area contributed by atoms with Crippen LogP contribution in [0.15, 0.2) is 47.3 Å². The molecule has 1 aliphatic rings. The largest absolute Gasteiger partial charge is 0.418 e. The third kappa shape index (κ3) is 7.04. The van der Waals surface area contributed by atoms with Crippen molar-refractivity contribution in [1.29, 1.82) is 0 Å². The highest BCUT2D eigenvalue weighted by Crippen LogP contribution is 2.35. The Kier molecular flexibility index (Phi) is 7.76. The van der Waals surface area contributed by atoms with Crippen LogP contribution < -0.4 is 5.32 Å². The maximum atomic E-state index is 13.3. The molecule has 4 aromatic rings. The first-order valence-corrected chi connectivity index (χ1v) is 13.9. The number of hydrogen-bond acceptors (Lipinski definition) is 10. The number of fused-ring (bicyclic) bond motifs is 1. The topological polar surface area (TPSA) is 135 Å². The van der Waals surface area contributed by atoms with Gasteiger partial charge in [-0.2, -0.15) is 5.10 Å². The fourth-order valence-corrected chi connectivity index (χ4v) is 5.15. The highest BCUT2D eigenvalue weighted by Gasteiger charge is 2.30. The van der Waals surface area contributed by atoms with Crippen molar-refractivity contribution in [2.45, 2.75) is 70.9 Å². The summed E-state index contributed by atoms with van der Waals surface area (Å²) in [6, 6.07) is 8.16. The van der Waals surface area contributed by atoms with Gasteiger partial charge in [0.15, 0.2) is 0 Å². The van der Waals surface area contributed by atoms with Gasteiger partial charge in [0, 0.05) is 49.9 Å². The number of aryl methyl sites for hydroxylation is 1. The molecule has 1 aliphatic heterocycles. The molecule has 0 bridgehead atoms. The van der Waals surface area contributed by atoms with E-state index in [1.165, 1.54) is 0 Å². The zero-order valence-corrected chi connectivity index (χ0v) is 24.5. The van der Waals surface area contributed by atoms with Crippen LogP contribution in [-0.2, 0) is 19.0 Å². The van der Waals surface area contributed by atoms with Crippen LogP contribution in [0.5, 0.6) is 0 Å². The number of nitrogens with zero attached hydrogens (tertiary/aromatic N) is 7. The minimum Gasteiger partial charge on any atom is -0.418 e. The van der Waals surface area contributed by atoms with Crippen LogP contribution in [0, 0.1) is 0 Å². The summed E-state index contributed by atoms with van der Waals surface area (Å²) in [6.07, 6.45) is 6.33. The number of aliphatic hydroxyl groups is 1. The number of nitrogens with one attached hydrogen (secondary N) is 1. The average Bonchev–Trinajstić information content (AvgIpc) is 3.52. The molecule has 5 rings (SSSR count). The number of rotatable bonds is 8. The molecule has 1 aromatic carbocycles. The average molecular weight is 559 g/mol. The highest BCUT2D eigenvalue weighted by molar-refractivity contribution is 5.92. The standard InChI is InChI=1S/C30H38N8O3/c1-29(2,3)27-36-35-26(41-27)25(39)14-19-10-12-38(18-30(4,5)40)16-21-13-20(7-8-23(19)21)24-9-11-31-28(34-24)33-22-15-32-37(6)17-22/h7-9,11,13,15,17,19,40H,10,12,14,16,18H2,1-6H3,(H,31,33,34)/t19-/m1/s1. The summed E-state index contributed by atoms with van der Waals surface area (Å²) in [5, 5.41) is 26.1. The first-order valence-electron chi connectivity index (χ1n) is 13.9. The van der Waals surface area contributed by atoms with Gasteiger partial charge >= 0.3 is 0 Å². The van der Waals surface area contributed by atoms with Crippen LogP contribution in [0.2, 0.25) is 0 Å². The Hall–Kier alpha value is -3.96. The van der Waals surface area contributed by atoms with Crippen molar-refractivity contribution in [3.63, 3.8) is 0 Å². The van der Waals surface area contributed by atoms with E-state index in [1.54, 1.807) is 17.1 Å². The Balaban J connectivity index is 1.43. The summed E-state index contributed by atoms with van der Waals surface area (Å²) in [5.74, 6) is 0.792. The summed E-state index contributed by atoms with van der Waals surface area (Å²) >= 11 is 0. The molecule has 0 radical (unpaired) electrons. The molecule has 216 valence electrons. The van der Waals surface area contributed by atoms with Crippen LogP contribution in [0.25, 0.3) is 11.3 Å². The predicted molar refractivity (Wildman–Crippen MR) is 155 cm³/mol. The molecular formula is C30H38N8O3. The molecule has 0 saturated carbocycles. The van der Waals surface area contributed by atoms with Gasteiger partial charge in [-0.3, -0.25) is 14.4 Å². The van der Waals surface area contributed by atoms with Crippen molar-refractivity contribution in [2.75, 3.05) is 18.4 Å². The van der Waals surface area contributed by atoms with Gasteiger partial charge in [0.25, 0.3) is 5.89 Å². The monoisotopic (exact) mass is 558 g/mol. The van der Waals surface area contributed by atoms with Gasteiger partial charge in [-0.15, -0.1) is 10.2 Å². The minimum atomic E-state index is -0.847. The minimum absolute atomic E-state index is 0.0310. The highest BCUT2D eigenvalue weighted by atomic mass is 16.4. The van der Waals surface area contributed by atoms with E-state index in [2.05, 4.69) is 42.6 Å². The Labute approximate surface area is 240 Å². The van der Waals surface area contributed by atoms with E-state index in [0.29, 0.717) is 24.9 Å². The molecule has 11 heteroatoms. The molecule has 0 saturated heterocycles. The second-order valence-corrected chi connectivity index (χ2v) is 12.5. The normalized spacial score (nSPS) is 16.3. The Morgan fingerprint density at radius 3 is 2.66 bits per heavy atom. The Morgan fingerprint density at radius 1 is 1.17 bits per heavy atom. The van der Waals surface area contributed by atoms with Crippen molar-refractivity contribution in [3.05, 3.63) is 65.8 Å². The summed E-state index contributed by atoms with van der Waals surface area (Å²) in [6.45, 7) is 11.5. The zero-order valence-electron chi connectivity index (χ0n) is 24.5. The number of benzene rings is 1. The fourth-order valence-electron chi connectivity index (χ4n) is 5.15. The van der Waals surface area contributed by atoms with Crippen molar-refractivity contribution in [1.82, 2.24) is 34.8 Å². The molecule has 4 heterocycles. The number of carbonyl (C=O) groups excluding carboxylic acids is 1. The lowest BCUT2D eigenvalue weighted by molar-refractivity contribution is 0.0335. The summed E-state index contributed by atoms with van der Waals surface area (Å²) in [5.41, 5.74) is 3.56. The van der Waals surface area contributed by atoms with Crippen molar-refractivity contribution in [3.8, 4) is 11.3 Å². The number of Topliss-reactive ketones (excluding diaryl/α,β-unsaturated/α-hetero) is 1. The number of carbonyl (C=O) groups is 1. The molecule has 41 heavy (non-hydrogen) atoms. The predicted octanol–water partition coefficient (Wildman–Crippen LogP) is 4.63. The first-order chi connectivity index (χ1) is 19.3. The second-order valence-electron chi connectivity index (χ2n) is 12.5. The quantitative estimate of drug-likeness (QED) is 0.295. The molecule has 11 nitrogen and oxygen atoms in total. The van der Waals surface area contributed by atoms with E-state index in [0.717, 1.165) is 41.0 Å². The number of anilines is 2. The third-order valence-electron chi connectivity index (χ3n) is 7.03.